The predicted molar refractivity (Wildman–Crippen MR) is 24.7 cm³/mol. The van der Waals surface area contributed by atoms with Crippen molar-refractivity contribution in [1.82, 2.24) is 0 Å². The Morgan fingerprint density at radius 1 is 1.40 bits per heavy atom. The van der Waals surface area contributed by atoms with Gasteiger partial charge in [-0.15, -0.1) is 4.91 Å². The van der Waals surface area contributed by atoms with Crippen LogP contribution >= 0.6 is 0 Å². The van der Waals surface area contributed by atoms with Crippen molar-refractivity contribution in [1.29, 1.82) is 0 Å². The molecule has 0 aromatic carbocycles. The Kier molecular flexibility index (Phi) is 53.1. The molecule has 0 atom stereocenters. The van der Waals surface area contributed by atoms with Crippen LogP contribution in [0.3, 0.4) is 0 Å². The van der Waals surface area contributed by atoms with Gasteiger partial charge < -0.3 is 5.21 Å². The van der Waals surface area contributed by atoms with E-state index in [4.69, 9.17) is 10.1 Å². The Morgan fingerprint density at radius 2 is 1.40 bits per heavy atom. The Morgan fingerprint density at radius 3 is 1.40 bits per heavy atom. The van der Waals surface area contributed by atoms with Crippen LogP contribution in [0.25, 0.3) is 0 Å². The zero-order valence-electron chi connectivity index (χ0n) is 1.30. The van der Waals surface area contributed by atoms with Crippen molar-refractivity contribution in [2.45, 2.75) is 0 Å². The van der Waals surface area contributed by atoms with Gasteiger partial charge in [-0.25, -0.2) is 0 Å². The zero-order chi connectivity index (χ0) is 2.71. The third kappa shape index (κ3) is 24.7. The van der Waals surface area contributed by atoms with Gasteiger partial charge in [-0.1, -0.05) is 0 Å². The predicted octanol–water partition coefficient (Wildman–Crippen LogP) is -1.69. The fraction of sp³-hybridized carbons (Fsp3) is 0. The second kappa shape index (κ2) is 16.8. The minimum atomic E-state index is 0. The van der Waals surface area contributed by atoms with Crippen LogP contribution in [0.5, 0.6) is 0 Å². The van der Waals surface area contributed by atoms with Crippen molar-refractivity contribution in [3.63, 3.8) is 0 Å². The zero-order valence-corrected chi connectivity index (χ0v) is 1.30. The van der Waals surface area contributed by atoms with Gasteiger partial charge in [-0.3, -0.25) is 0 Å². The normalized spacial score (nSPS) is 2.40. The molecular weight excluding hydrogens is 126 g/mol. The van der Waals surface area contributed by atoms with Crippen molar-refractivity contribution < 1.29 is 5.21 Å². The molecular formula is H5Ca2NO2. The van der Waals surface area contributed by atoms with Crippen LogP contribution in [-0.4, -0.2) is 80.7 Å². The van der Waals surface area contributed by atoms with E-state index in [-0.39, 0.29) is 75.5 Å². The van der Waals surface area contributed by atoms with Gasteiger partial charge in [0.05, 0.1) is 0 Å². The van der Waals surface area contributed by atoms with Crippen molar-refractivity contribution in [2.75, 3.05) is 0 Å². The molecule has 0 radical (unpaired) electrons. The van der Waals surface area contributed by atoms with Gasteiger partial charge >= 0.3 is 75.5 Å². The third-order valence-electron chi connectivity index (χ3n) is 0. The molecule has 3 nitrogen and oxygen atoms in total. The molecule has 0 bridgehead atoms. The van der Waals surface area contributed by atoms with Crippen LogP contribution in [0.1, 0.15) is 0 Å². The molecule has 0 fully saturated rings. The maximum atomic E-state index is 8.11. The summed E-state index contributed by atoms with van der Waals surface area (Å²) in [6.45, 7) is 0. The van der Waals surface area contributed by atoms with Crippen molar-refractivity contribution in [2.24, 2.45) is 5.34 Å². The van der Waals surface area contributed by atoms with Crippen molar-refractivity contribution >= 4 is 75.5 Å². The quantitative estimate of drug-likeness (QED) is 0.242. The molecule has 0 aromatic rings. The standard InChI is InChI=1S/2Ca.HNO2.4H/c;;2-1-3;;;;/h;;(H,2,3);;;;. The number of hydrogen-bond acceptors (Lipinski definition) is 2. The molecule has 0 aromatic heterocycles. The van der Waals surface area contributed by atoms with Crippen LogP contribution < -0.4 is 0 Å². The Labute approximate surface area is 89.0 Å². The second-order valence-electron chi connectivity index (χ2n) is 0.0816. The molecule has 5 heteroatoms. The molecule has 0 spiro atoms. The molecule has 0 saturated heterocycles. The molecule has 1 N–H and O–H groups in total. The first-order chi connectivity index (χ1) is 1.41. The molecule has 0 aliphatic rings. The molecule has 5 heavy (non-hydrogen) atoms. The van der Waals surface area contributed by atoms with E-state index in [1.165, 1.54) is 5.34 Å². The van der Waals surface area contributed by atoms with E-state index in [1.807, 2.05) is 0 Å². The molecule has 0 rings (SSSR count). The maximum absolute atomic E-state index is 8.11. The minimum absolute atomic E-state index is 0. The summed E-state index contributed by atoms with van der Waals surface area (Å²) in [5.74, 6) is 0. The average molecular weight is 131 g/mol. The van der Waals surface area contributed by atoms with E-state index in [2.05, 4.69) is 0 Å². The van der Waals surface area contributed by atoms with E-state index in [1.54, 1.807) is 0 Å². The van der Waals surface area contributed by atoms with Gasteiger partial charge in [-0.2, -0.15) is 0 Å². The summed E-state index contributed by atoms with van der Waals surface area (Å²) < 4.78 is 0. The fourth-order valence-electron chi connectivity index (χ4n) is 0. The van der Waals surface area contributed by atoms with Crippen LogP contribution in [0.4, 0.5) is 0 Å². The number of hydrogen-bond donors (Lipinski definition) is 1. The van der Waals surface area contributed by atoms with E-state index >= 15 is 0 Å². The molecule has 0 aliphatic heterocycles. The molecule has 0 heterocycles. The van der Waals surface area contributed by atoms with Gasteiger partial charge in [0.15, 0.2) is 5.34 Å². The number of nitrogens with zero attached hydrogens (tertiary/aromatic N) is 1. The Hall–Kier alpha value is 1.92. The van der Waals surface area contributed by atoms with E-state index in [0.717, 1.165) is 0 Å². The van der Waals surface area contributed by atoms with Gasteiger partial charge in [-0.05, 0) is 0 Å². The van der Waals surface area contributed by atoms with E-state index in [0.29, 0.717) is 0 Å². The van der Waals surface area contributed by atoms with Crippen LogP contribution in [0.2, 0.25) is 0 Å². The number of rotatable bonds is 0. The molecule has 0 saturated carbocycles. The van der Waals surface area contributed by atoms with Crippen LogP contribution in [0.15, 0.2) is 5.34 Å². The average Bonchev–Trinajstić information content (AvgIpc) is 0.918. The third-order valence-corrected chi connectivity index (χ3v) is 0. The SMILES string of the molecule is O=NO.[CaH2].[CaH2]. The summed E-state index contributed by atoms with van der Waals surface area (Å²) in [7, 11) is 0. The Balaban J connectivity index is -0.0000000200. The molecule has 26 valence electrons. The van der Waals surface area contributed by atoms with Crippen LogP contribution in [0, 0.1) is 4.91 Å². The van der Waals surface area contributed by atoms with Gasteiger partial charge in [0.2, 0.25) is 0 Å². The monoisotopic (exact) mass is 131 g/mol. The van der Waals surface area contributed by atoms with Gasteiger partial charge in [0.25, 0.3) is 0 Å². The van der Waals surface area contributed by atoms with Crippen molar-refractivity contribution in [3.8, 4) is 0 Å². The summed E-state index contributed by atoms with van der Waals surface area (Å²) in [6.07, 6.45) is 0. The topological polar surface area (TPSA) is 49.7 Å². The molecule has 0 aliphatic carbocycles. The molecule has 0 amide bonds. The fourth-order valence-corrected chi connectivity index (χ4v) is 0. The first kappa shape index (κ1) is 15.8. The van der Waals surface area contributed by atoms with E-state index in [9.17, 15) is 0 Å². The first-order valence-electron chi connectivity index (χ1n) is 0.383. The first-order valence-corrected chi connectivity index (χ1v) is 0.383. The van der Waals surface area contributed by atoms with Gasteiger partial charge in [0, 0.05) is 0 Å². The van der Waals surface area contributed by atoms with E-state index < -0.39 is 0 Å². The summed E-state index contributed by atoms with van der Waals surface area (Å²) in [5.41, 5.74) is 0. The van der Waals surface area contributed by atoms with Crippen molar-refractivity contribution in [3.05, 3.63) is 4.91 Å². The summed E-state index contributed by atoms with van der Waals surface area (Å²) in [4.78, 5) is 8.11. The summed E-state index contributed by atoms with van der Waals surface area (Å²) >= 11 is 0. The second-order valence-corrected chi connectivity index (χ2v) is 0.0816. The van der Waals surface area contributed by atoms with Crippen LogP contribution in [-0.2, 0) is 0 Å². The molecule has 0 unspecified atom stereocenters. The Bertz CT molecular complexity index is 15.1. The summed E-state index contributed by atoms with van der Waals surface area (Å²) in [5, 5.41) is 7.89. The summed E-state index contributed by atoms with van der Waals surface area (Å²) in [6, 6.07) is 0. The van der Waals surface area contributed by atoms with Gasteiger partial charge in [0.1, 0.15) is 0 Å².